The van der Waals surface area contributed by atoms with Crippen molar-refractivity contribution in [2.24, 2.45) is 5.92 Å². The average Bonchev–Trinajstić information content (AvgIpc) is 2.73. The van der Waals surface area contributed by atoms with Gasteiger partial charge < -0.3 is 10.1 Å². The maximum atomic E-state index is 13.1. The minimum absolute atomic E-state index is 0.0418. The molecule has 7 nitrogen and oxygen atoms in total. The van der Waals surface area contributed by atoms with Gasteiger partial charge in [-0.1, -0.05) is 32.0 Å². The van der Waals surface area contributed by atoms with Crippen molar-refractivity contribution < 1.29 is 17.9 Å². The largest absolute Gasteiger partial charge is 0.494 e. The standard InChI is InChI=1S/C22H25N3O4S/c1-4-29-18-12-10-17(11-13-18)24-22(26)20(15(2)3)25-30(27,28)19-9-5-7-16-8-6-14-23-21(16)19/h5-15,20,25H,4H2,1-3H3,(H,24,26)/t20-/m0/s1. The summed E-state index contributed by atoms with van der Waals surface area (Å²) in [5.41, 5.74) is 0.919. The van der Waals surface area contributed by atoms with E-state index in [9.17, 15) is 13.2 Å². The predicted octanol–water partition coefficient (Wildman–Crippen LogP) is 3.58. The third-order valence-electron chi connectivity index (χ3n) is 4.55. The van der Waals surface area contributed by atoms with Crippen LogP contribution in [-0.4, -0.2) is 32.0 Å². The van der Waals surface area contributed by atoms with Crippen molar-refractivity contribution in [1.29, 1.82) is 0 Å². The van der Waals surface area contributed by atoms with Gasteiger partial charge in [0.05, 0.1) is 12.1 Å². The molecular formula is C22H25N3O4S. The lowest BCUT2D eigenvalue weighted by molar-refractivity contribution is -0.118. The first kappa shape index (κ1) is 21.7. The second kappa shape index (κ2) is 9.23. The minimum Gasteiger partial charge on any atom is -0.494 e. The molecule has 0 bridgehead atoms. The van der Waals surface area contributed by atoms with Gasteiger partial charge in [0.15, 0.2) is 0 Å². The molecule has 0 aliphatic rings. The normalized spacial score (nSPS) is 12.7. The van der Waals surface area contributed by atoms with Crippen LogP contribution in [0.2, 0.25) is 0 Å². The Morgan fingerprint density at radius 3 is 2.43 bits per heavy atom. The van der Waals surface area contributed by atoms with Crippen LogP contribution < -0.4 is 14.8 Å². The van der Waals surface area contributed by atoms with Gasteiger partial charge in [-0.25, -0.2) is 8.42 Å². The molecule has 0 radical (unpaired) electrons. The fourth-order valence-electron chi connectivity index (χ4n) is 3.04. The van der Waals surface area contributed by atoms with Gasteiger partial charge in [-0.05, 0) is 49.2 Å². The summed E-state index contributed by atoms with van der Waals surface area (Å²) in [4.78, 5) is 17.1. The van der Waals surface area contributed by atoms with E-state index in [-0.39, 0.29) is 10.8 Å². The van der Waals surface area contributed by atoms with Crippen LogP contribution in [0.25, 0.3) is 10.9 Å². The molecule has 0 aliphatic heterocycles. The molecule has 2 N–H and O–H groups in total. The van der Waals surface area contributed by atoms with Crippen molar-refractivity contribution in [3.05, 3.63) is 60.8 Å². The average molecular weight is 428 g/mol. The number of nitrogens with zero attached hydrogens (tertiary/aromatic N) is 1. The second-order valence-electron chi connectivity index (χ2n) is 7.12. The molecule has 1 amide bonds. The zero-order valence-corrected chi connectivity index (χ0v) is 17.9. The van der Waals surface area contributed by atoms with Crippen molar-refractivity contribution in [2.45, 2.75) is 31.7 Å². The zero-order chi connectivity index (χ0) is 21.7. The quantitative estimate of drug-likeness (QED) is 0.573. The summed E-state index contributed by atoms with van der Waals surface area (Å²) in [7, 11) is -3.98. The zero-order valence-electron chi connectivity index (χ0n) is 17.1. The van der Waals surface area contributed by atoms with Crippen LogP contribution in [0.5, 0.6) is 5.75 Å². The van der Waals surface area contributed by atoms with Crippen LogP contribution >= 0.6 is 0 Å². The molecule has 8 heteroatoms. The summed E-state index contributed by atoms with van der Waals surface area (Å²) in [5.74, 6) is -0.0172. The summed E-state index contributed by atoms with van der Waals surface area (Å²) in [6.45, 7) is 6.00. The van der Waals surface area contributed by atoms with E-state index in [2.05, 4.69) is 15.0 Å². The molecule has 1 atom stereocenters. The molecule has 3 rings (SSSR count). The maximum Gasteiger partial charge on any atom is 0.243 e. The Balaban J connectivity index is 1.82. The first-order chi connectivity index (χ1) is 14.3. The summed E-state index contributed by atoms with van der Waals surface area (Å²) < 4.78 is 34.1. The maximum absolute atomic E-state index is 13.1. The number of fused-ring (bicyclic) bond motifs is 1. The van der Waals surface area contributed by atoms with Crippen molar-refractivity contribution in [3.63, 3.8) is 0 Å². The second-order valence-corrected chi connectivity index (χ2v) is 8.80. The van der Waals surface area contributed by atoms with Crippen LogP contribution in [0.3, 0.4) is 0 Å². The minimum atomic E-state index is -3.98. The predicted molar refractivity (Wildman–Crippen MR) is 117 cm³/mol. The van der Waals surface area contributed by atoms with E-state index in [0.717, 1.165) is 0 Å². The fraction of sp³-hybridized carbons (Fsp3) is 0.273. The molecule has 1 heterocycles. The Hall–Kier alpha value is -2.97. The van der Waals surface area contributed by atoms with Gasteiger partial charge in [-0.15, -0.1) is 0 Å². The Morgan fingerprint density at radius 1 is 1.07 bits per heavy atom. The van der Waals surface area contributed by atoms with E-state index in [4.69, 9.17) is 4.74 Å². The molecule has 0 aliphatic carbocycles. The SMILES string of the molecule is CCOc1ccc(NC(=O)[C@@H](NS(=O)(=O)c2cccc3cccnc23)C(C)C)cc1. The smallest absolute Gasteiger partial charge is 0.243 e. The van der Waals surface area contributed by atoms with Crippen LogP contribution in [-0.2, 0) is 14.8 Å². The number of para-hydroxylation sites is 1. The van der Waals surface area contributed by atoms with Gasteiger partial charge >= 0.3 is 0 Å². The van der Waals surface area contributed by atoms with Crippen LogP contribution in [0.4, 0.5) is 5.69 Å². The van der Waals surface area contributed by atoms with Gasteiger partial charge in [0.25, 0.3) is 0 Å². The first-order valence-corrected chi connectivity index (χ1v) is 11.2. The van der Waals surface area contributed by atoms with E-state index in [0.29, 0.717) is 28.9 Å². The molecule has 3 aromatic rings. The third-order valence-corrected chi connectivity index (χ3v) is 6.02. The molecule has 0 saturated heterocycles. The molecule has 30 heavy (non-hydrogen) atoms. The molecule has 2 aromatic carbocycles. The molecule has 0 saturated carbocycles. The molecule has 1 aromatic heterocycles. The van der Waals surface area contributed by atoms with Gasteiger partial charge in [-0.2, -0.15) is 4.72 Å². The van der Waals surface area contributed by atoms with Crippen molar-refractivity contribution in [1.82, 2.24) is 9.71 Å². The number of nitrogens with one attached hydrogen (secondary N) is 2. The number of pyridine rings is 1. The number of aromatic nitrogens is 1. The highest BCUT2D eigenvalue weighted by molar-refractivity contribution is 7.89. The van der Waals surface area contributed by atoms with Crippen LogP contribution in [0, 0.1) is 5.92 Å². The number of sulfonamides is 1. The van der Waals surface area contributed by atoms with Gasteiger partial charge in [0.2, 0.25) is 15.9 Å². The van der Waals surface area contributed by atoms with E-state index >= 15 is 0 Å². The Bertz CT molecular complexity index is 1120. The highest BCUT2D eigenvalue weighted by atomic mass is 32.2. The van der Waals surface area contributed by atoms with E-state index in [1.54, 1.807) is 68.6 Å². The highest BCUT2D eigenvalue weighted by Gasteiger charge is 2.29. The summed E-state index contributed by atoms with van der Waals surface area (Å²) >= 11 is 0. The molecule has 0 fully saturated rings. The third kappa shape index (κ3) is 4.95. The number of rotatable bonds is 8. The fourth-order valence-corrected chi connectivity index (χ4v) is 4.56. The number of benzene rings is 2. The topological polar surface area (TPSA) is 97.4 Å². The summed E-state index contributed by atoms with van der Waals surface area (Å²) in [6, 6.07) is 14.4. The van der Waals surface area contributed by atoms with E-state index < -0.39 is 22.0 Å². The lowest BCUT2D eigenvalue weighted by Crippen LogP contribution is -2.47. The number of carbonyl (C=O) groups excluding carboxylic acids is 1. The van der Waals surface area contributed by atoms with Crippen molar-refractivity contribution in [3.8, 4) is 5.75 Å². The lowest BCUT2D eigenvalue weighted by atomic mass is 10.0. The van der Waals surface area contributed by atoms with Gasteiger partial charge in [0, 0.05) is 17.3 Å². The molecule has 158 valence electrons. The Morgan fingerprint density at radius 2 is 1.77 bits per heavy atom. The van der Waals surface area contributed by atoms with Gasteiger partial charge in [-0.3, -0.25) is 9.78 Å². The van der Waals surface area contributed by atoms with E-state index in [1.807, 2.05) is 6.92 Å². The van der Waals surface area contributed by atoms with Crippen molar-refractivity contribution in [2.75, 3.05) is 11.9 Å². The highest BCUT2D eigenvalue weighted by Crippen LogP contribution is 2.22. The summed E-state index contributed by atoms with van der Waals surface area (Å²) in [6.07, 6.45) is 1.54. The molecule has 0 unspecified atom stereocenters. The van der Waals surface area contributed by atoms with Crippen molar-refractivity contribution >= 4 is 32.5 Å². The lowest BCUT2D eigenvalue weighted by Gasteiger charge is -2.22. The number of hydrogen-bond acceptors (Lipinski definition) is 5. The number of hydrogen-bond donors (Lipinski definition) is 2. The molecule has 0 spiro atoms. The number of carbonyl (C=O) groups is 1. The van der Waals surface area contributed by atoms with E-state index in [1.165, 1.54) is 6.07 Å². The number of amides is 1. The van der Waals surface area contributed by atoms with Gasteiger partial charge in [0.1, 0.15) is 16.7 Å². The van der Waals surface area contributed by atoms with Crippen LogP contribution in [0.1, 0.15) is 20.8 Å². The summed E-state index contributed by atoms with van der Waals surface area (Å²) in [5, 5.41) is 3.48. The Kier molecular flexibility index (Phi) is 6.69. The number of anilines is 1. The molecular weight excluding hydrogens is 402 g/mol. The Labute approximate surface area is 176 Å². The monoisotopic (exact) mass is 427 g/mol. The number of ether oxygens (including phenoxy) is 1. The first-order valence-electron chi connectivity index (χ1n) is 9.71. The van der Waals surface area contributed by atoms with Crippen LogP contribution in [0.15, 0.2) is 65.7 Å².